The maximum Gasteiger partial charge on any atom is 0.357 e. The smallest absolute Gasteiger partial charge is 0.357 e. The number of nitrogens with zero attached hydrogens (tertiary/aromatic N) is 3. The van der Waals surface area contributed by atoms with Gasteiger partial charge in [-0.2, -0.15) is 5.26 Å². The number of aromatic nitrogens is 1. The highest BCUT2D eigenvalue weighted by molar-refractivity contribution is 5.95. The molecule has 25 heavy (non-hydrogen) atoms. The second-order valence-corrected chi connectivity index (χ2v) is 5.23. The first-order valence-corrected chi connectivity index (χ1v) is 7.63. The number of nitrogen functional groups attached to an aromatic ring is 1. The van der Waals surface area contributed by atoms with Crippen molar-refractivity contribution in [2.75, 3.05) is 44.0 Å². The average Bonchev–Trinajstić information content (AvgIpc) is 2.97. The van der Waals surface area contributed by atoms with Crippen molar-refractivity contribution in [2.24, 2.45) is 0 Å². The van der Waals surface area contributed by atoms with Crippen LogP contribution in [0.2, 0.25) is 0 Å². The van der Waals surface area contributed by atoms with E-state index in [-0.39, 0.29) is 30.2 Å². The zero-order valence-corrected chi connectivity index (χ0v) is 13.8. The second-order valence-electron chi connectivity index (χ2n) is 5.23. The molecule has 0 atom stereocenters. The standard InChI is InChI=1S/C17H20N4O4/c1-25-17(24)16-15(19)12(10-18)11-21(16)14-4-2-13(3-5-14)20(6-8-22)7-9-23/h2-5,11,22-23H,6-9,19H2,1H3. The molecular formula is C17H20N4O4. The average molecular weight is 344 g/mol. The number of carbonyl (C=O) groups excluding carboxylic acids is 1. The van der Waals surface area contributed by atoms with Gasteiger partial charge in [-0.3, -0.25) is 0 Å². The van der Waals surface area contributed by atoms with E-state index in [1.54, 1.807) is 24.3 Å². The molecule has 0 saturated carbocycles. The van der Waals surface area contributed by atoms with Gasteiger partial charge in [-0.15, -0.1) is 0 Å². The fraction of sp³-hybridized carbons (Fsp3) is 0.294. The predicted molar refractivity (Wildman–Crippen MR) is 92.6 cm³/mol. The molecule has 1 heterocycles. The van der Waals surface area contributed by atoms with E-state index in [4.69, 9.17) is 25.9 Å². The normalized spacial score (nSPS) is 10.3. The number of carbonyl (C=O) groups is 1. The molecule has 0 aliphatic heterocycles. The Morgan fingerprint density at radius 1 is 1.28 bits per heavy atom. The number of rotatable bonds is 7. The molecule has 0 fully saturated rings. The summed E-state index contributed by atoms with van der Waals surface area (Å²) in [5.74, 6) is -0.634. The fourth-order valence-electron chi connectivity index (χ4n) is 2.55. The minimum Gasteiger partial charge on any atom is -0.464 e. The van der Waals surface area contributed by atoms with Crippen LogP contribution in [-0.4, -0.2) is 54.2 Å². The SMILES string of the molecule is COC(=O)c1c(N)c(C#N)cn1-c1ccc(N(CCO)CCO)cc1. The van der Waals surface area contributed by atoms with Gasteiger partial charge in [-0.05, 0) is 24.3 Å². The molecule has 4 N–H and O–H groups in total. The lowest BCUT2D eigenvalue weighted by molar-refractivity contribution is 0.0593. The van der Waals surface area contributed by atoms with Crippen LogP contribution >= 0.6 is 0 Å². The predicted octanol–water partition coefficient (Wildman–Crippen LogP) is 0.509. The summed E-state index contributed by atoms with van der Waals surface area (Å²) >= 11 is 0. The van der Waals surface area contributed by atoms with Crippen LogP contribution in [0.1, 0.15) is 16.1 Å². The van der Waals surface area contributed by atoms with E-state index in [0.29, 0.717) is 18.8 Å². The van der Waals surface area contributed by atoms with Crippen molar-refractivity contribution in [3.8, 4) is 11.8 Å². The topological polar surface area (TPSA) is 125 Å². The summed E-state index contributed by atoms with van der Waals surface area (Å²) in [7, 11) is 1.25. The van der Waals surface area contributed by atoms with Crippen LogP contribution < -0.4 is 10.6 Å². The van der Waals surface area contributed by atoms with Gasteiger partial charge in [0, 0.05) is 30.7 Å². The Morgan fingerprint density at radius 3 is 2.36 bits per heavy atom. The maximum atomic E-state index is 12.0. The van der Waals surface area contributed by atoms with Gasteiger partial charge in [0.05, 0.1) is 31.6 Å². The largest absolute Gasteiger partial charge is 0.464 e. The van der Waals surface area contributed by atoms with Gasteiger partial charge in [0.2, 0.25) is 0 Å². The molecule has 8 heteroatoms. The number of hydrogen-bond acceptors (Lipinski definition) is 7. The monoisotopic (exact) mass is 344 g/mol. The molecule has 2 rings (SSSR count). The van der Waals surface area contributed by atoms with Crippen molar-refractivity contribution in [1.82, 2.24) is 4.57 Å². The lowest BCUT2D eigenvalue weighted by atomic mass is 10.2. The Kier molecular flexibility index (Phi) is 6.00. The number of nitriles is 1. The summed E-state index contributed by atoms with van der Waals surface area (Å²) in [6, 6.07) is 9.05. The number of hydrogen-bond donors (Lipinski definition) is 3. The quantitative estimate of drug-likeness (QED) is 0.625. The summed E-state index contributed by atoms with van der Waals surface area (Å²) in [4.78, 5) is 13.8. The molecule has 2 aromatic rings. The van der Waals surface area contributed by atoms with Crippen LogP contribution in [0.25, 0.3) is 5.69 Å². The van der Waals surface area contributed by atoms with Gasteiger partial charge in [0.15, 0.2) is 5.69 Å². The lowest BCUT2D eigenvalue weighted by Gasteiger charge is -2.23. The minimum atomic E-state index is -0.634. The summed E-state index contributed by atoms with van der Waals surface area (Å²) in [5.41, 5.74) is 7.67. The summed E-state index contributed by atoms with van der Waals surface area (Å²) < 4.78 is 6.26. The lowest BCUT2D eigenvalue weighted by Crippen LogP contribution is -2.29. The maximum absolute atomic E-state index is 12.0. The van der Waals surface area contributed by atoms with E-state index in [1.165, 1.54) is 17.9 Å². The first-order chi connectivity index (χ1) is 12.1. The van der Waals surface area contributed by atoms with E-state index < -0.39 is 5.97 Å². The molecule has 1 aromatic carbocycles. The first-order valence-electron chi connectivity index (χ1n) is 7.63. The first kappa shape index (κ1) is 18.3. The molecule has 0 radical (unpaired) electrons. The molecule has 1 aromatic heterocycles. The molecule has 132 valence electrons. The molecule has 8 nitrogen and oxygen atoms in total. The summed E-state index contributed by atoms with van der Waals surface area (Å²) in [6.07, 6.45) is 1.48. The molecule has 0 spiro atoms. The third-order valence-electron chi connectivity index (χ3n) is 3.78. The van der Waals surface area contributed by atoms with Crippen molar-refractivity contribution in [1.29, 1.82) is 5.26 Å². The van der Waals surface area contributed by atoms with Crippen molar-refractivity contribution in [3.05, 3.63) is 41.7 Å². The summed E-state index contributed by atoms with van der Waals surface area (Å²) in [5, 5.41) is 27.4. The van der Waals surface area contributed by atoms with Crippen LogP contribution in [-0.2, 0) is 4.74 Å². The van der Waals surface area contributed by atoms with Crippen LogP contribution in [0.3, 0.4) is 0 Å². The Bertz CT molecular complexity index is 771. The molecule has 0 unspecified atom stereocenters. The van der Waals surface area contributed by atoms with Crippen molar-refractivity contribution < 1.29 is 19.7 Å². The Hall–Kier alpha value is -3.02. The minimum absolute atomic E-state index is 0.0338. The van der Waals surface area contributed by atoms with Gasteiger partial charge in [-0.25, -0.2) is 4.79 Å². The highest BCUT2D eigenvalue weighted by Crippen LogP contribution is 2.26. The zero-order valence-electron chi connectivity index (χ0n) is 13.8. The highest BCUT2D eigenvalue weighted by atomic mass is 16.5. The van der Waals surface area contributed by atoms with Crippen LogP contribution in [0.15, 0.2) is 30.5 Å². The van der Waals surface area contributed by atoms with Gasteiger partial charge in [-0.1, -0.05) is 0 Å². The summed E-state index contributed by atoms with van der Waals surface area (Å²) in [6.45, 7) is 0.715. The van der Waals surface area contributed by atoms with E-state index in [0.717, 1.165) is 5.69 Å². The Morgan fingerprint density at radius 2 is 1.88 bits per heavy atom. The van der Waals surface area contributed by atoms with Crippen LogP contribution in [0.4, 0.5) is 11.4 Å². The Labute approximate surface area is 145 Å². The molecule has 0 amide bonds. The number of nitrogens with two attached hydrogens (primary N) is 1. The zero-order chi connectivity index (χ0) is 18.4. The van der Waals surface area contributed by atoms with E-state index in [9.17, 15) is 4.79 Å². The van der Waals surface area contributed by atoms with E-state index in [1.807, 2.05) is 11.0 Å². The number of aliphatic hydroxyl groups excluding tert-OH is 2. The molecular weight excluding hydrogens is 324 g/mol. The van der Waals surface area contributed by atoms with Crippen LogP contribution in [0, 0.1) is 11.3 Å². The second kappa shape index (κ2) is 8.19. The third-order valence-corrected chi connectivity index (χ3v) is 3.78. The highest BCUT2D eigenvalue weighted by Gasteiger charge is 2.21. The molecule has 0 saturated heterocycles. The van der Waals surface area contributed by atoms with Gasteiger partial charge in [0.1, 0.15) is 6.07 Å². The Balaban J connectivity index is 2.43. The molecule has 0 aliphatic carbocycles. The third kappa shape index (κ3) is 3.74. The van der Waals surface area contributed by atoms with Crippen molar-refractivity contribution in [3.63, 3.8) is 0 Å². The number of anilines is 2. The van der Waals surface area contributed by atoms with Crippen LogP contribution in [0.5, 0.6) is 0 Å². The van der Waals surface area contributed by atoms with Crippen molar-refractivity contribution in [2.45, 2.75) is 0 Å². The number of aliphatic hydroxyl groups is 2. The van der Waals surface area contributed by atoms with E-state index in [2.05, 4.69) is 0 Å². The number of benzene rings is 1. The van der Waals surface area contributed by atoms with Gasteiger partial charge < -0.3 is 30.2 Å². The number of ether oxygens (including phenoxy) is 1. The molecule has 0 bridgehead atoms. The van der Waals surface area contributed by atoms with Crippen molar-refractivity contribution >= 4 is 17.3 Å². The van der Waals surface area contributed by atoms with Gasteiger partial charge in [0.25, 0.3) is 0 Å². The van der Waals surface area contributed by atoms with E-state index >= 15 is 0 Å². The number of methoxy groups -OCH3 is 1. The fourth-order valence-corrected chi connectivity index (χ4v) is 2.55. The van der Waals surface area contributed by atoms with Gasteiger partial charge >= 0.3 is 5.97 Å². The number of esters is 1. The molecule has 0 aliphatic rings.